The molecule has 2 N–H and O–H groups in total. The van der Waals surface area contributed by atoms with Gasteiger partial charge >= 0.3 is 0 Å². The molecule has 32 heavy (non-hydrogen) atoms. The van der Waals surface area contributed by atoms with E-state index in [4.69, 9.17) is 4.74 Å². The van der Waals surface area contributed by atoms with Crippen molar-refractivity contribution in [2.24, 2.45) is 5.92 Å². The maximum Gasteiger partial charge on any atom is 0.264 e. The minimum Gasteiger partial charge on any atom is -0.381 e. The molecule has 2 aliphatic rings. The summed E-state index contributed by atoms with van der Waals surface area (Å²) in [6.07, 6.45) is 5.04. The van der Waals surface area contributed by atoms with Gasteiger partial charge in [-0.15, -0.1) is 0 Å². The van der Waals surface area contributed by atoms with E-state index in [0.717, 1.165) is 43.7 Å². The molecule has 2 aliphatic heterocycles. The first-order chi connectivity index (χ1) is 15.4. The Morgan fingerprint density at radius 1 is 1.12 bits per heavy atom. The second-order valence-corrected chi connectivity index (χ2v) is 10.7. The monoisotopic (exact) mass is 455 g/mol. The van der Waals surface area contributed by atoms with E-state index in [1.807, 2.05) is 44.2 Å². The molecule has 0 aliphatic carbocycles. The highest BCUT2D eigenvalue weighted by Crippen LogP contribution is 2.34. The zero-order chi connectivity index (χ0) is 22.7. The Labute approximate surface area is 191 Å². The third-order valence-corrected chi connectivity index (χ3v) is 7.80. The third kappa shape index (κ3) is 4.85. The first-order valence-electron chi connectivity index (χ1n) is 11.4. The van der Waals surface area contributed by atoms with Gasteiger partial charge in [-0.2, -0.15) is 0 Å². The molecule has 1 fully saturated rings. The Hall–Kier alpha value is -2.35. The van der Waals surface area contributed by atoms with Crippen LogP contribution in [0.1, 0.15) is 50.8 Å². The van der Waals surface area contributed by atoms with Gasteiger partial charge in [0.05, 0.1) is 35.5 Å². The average Bonchev–Trinajstić information content (AvgIpc) is 3.20. The molecular weight excluding hydrogens is 422 g/mol. The number of fused-ring (bicyclic) bond motifs is 1. The number of benzene rings is 2. The van der Waals surface area contributed by atoms with Crippen LogP contribution in [-0.2, 0) is 21.2 Å². The molecule has 1 saturated heterocycles. The van der Waals surface area contributed by atoms with E-state index in [9.17, 15) is 8.42 Å². The summed E-state index contributed by atoms with van der Waals surface area (Å²) in [5.74, 6) is 0.195. The van der Waals surface area contributed by atoms with Crippen LogP contribution in [0.25, 0.3) is 0 Å². The summed E-state index contributed by atoms with van der Waals surface area (Å²) in [4.78, 5) is 0.296. The minimum atomic E-state index is -3.70. The second-order valence-electron chi connectivity index (χ2n) is 8.88. The zero-order valence-corrected chi connectivity index (χ0v) is 19.9. The summed E-state index contributed by atoms with van der Waals surface area (Å²) < 4.78 is 34.3. The van der Waals surface area contributed by atoms with Crippen molar-refractivity contribution in [3.8, 4) is 0 Å². The first-order valence-corrected chi connectivity index (χ1v) is 12.9. The lowest BCUT2D eigenvalue weighted by Gasteiger charge is -2.26. The summed E-state index contributed by atoms with van der Waals surface area (Å²) >= 11 is 0. The van der Waals surface area contributed by atoms with Crippen molar-refractivity contribution >= 4 is 21.4 Å². The molecule has 2 heterocycles. The fraction of sp³-hybridized carbons (Fsp3) is 0.440. The van der Waals surface area contributed by atoms with Crippen LogP contribution in [0.3, 0.4) is 0 Å². The van der Waals surface area contributed by atoms with Crippen LogP contribution in [0.4, 0.5) is 11.4 Å². The van der Waals surface area contributed by atoms with Crippen molar-refractivity contribution in [2.75, 3.05) is 29.5 Å². The number of nitrogens with zero attached hydrogens (tertiary/aromatic N) is 1. The van der Waals surface area contributed by atoms with Gasteiger partial charge in [-0.05, 0) is 60.6 Å². The molecule has 2 aromatic carbocycles. The number of hydrogen-bond acceptors (Lipinski definition) is 5. The first kappa shape index (κ1) is 22.8. The van der Waals surface area contributed by atoms with Crippen molar-refractivity contribution in [2.45, 2.75) is 51.0 Å². The van der Waals surface area contributed by atoms with Gasteiger partial charge in [0.25, 0.3) is 10.0 Å². The molecule has 1 unspecified atom stereocenters. The molecule has 6 nitrogen and oxygen atoms in total. The van der Waals surface area contributed by atoms with Gasteiger partial charge < -0.3 is 10.2 Å². The molecule has 0 amide bonds. The molecule has 0 radical (unpaired) electrons. The van der Waals surface area contributed by atoms with Crippen LogP contribution in [0.15, 0.2) is 59.0 Å². The molecule has 4 rings (SSSR count). The van der Waals surface area contributed by atoms with E-state index >= 15 is 0 Å². The summed E-state index contributed by atoms with van der Waals surface area (Å²) in [6.45, 7) is 8.11. The van der Waals surface area contributed by atoms with Gasteiger partial charge in [0, 0.05) is 6.54 Å². The maximum atomic E-state index is 13.7. The third-order valence-electron chi connectivity index (χ3n) is 6.01. The summed E-state index contributed by atoms with van der Waals surface area (Å²) in [5, 5.41) is 0. The lowest BCUT2D eigenvalue weighted by atomic mass is 10.0. The van der Waals surface area contributed by atoms with Gasteiger partial charge in [0.1, 0.15) is 0 Å². The van der Waals surface area contributed by atoms with Gasteiger partial charge in [-0.25, -0.2) is 13.8 Å². The standard InChI is InChI=1S/C25H33N3O3S/c1-4-19-5-7-21(8-6-19)28(17-18(2)3)32(29,30)22-9-10-23-24(26-27-25(23)16-22)15-20-11-13-31-14-12-20/h5-10,15-16,18,24,26-27H,4,11-14,17H2,1-3H3. The van der Waals surface area contributed by atoms with Gasteiger partial charge in [-0.1, -0.05) is 50.6 Å². The van der Waals surface area contributed by atoms with Crippen LogP contribution in [0.2, 0.25) is 0 Å². The summed E-state index contributed by atoms with van der Waals surface area (Å²) in [5.41, 5.74) is 11.6. The van der Waals surface area contributed by atoms with E-state index in [1.165, 1.54) is 15.4 Å². The van der Waals surface area contributed by atoms with E-state index in [2.05, 4.69) is 23.9 Å². The number of aryl methyl sites for hydroxylation is 1. The topological polar surface area (TPSA) is 70.7 Å². The van der Waals surface area contributed by atoms with Crippen LogP contribution in [-0.4, -0.2) is 28.2 Å². The van der Waals surface area contributed by atoms with Crippen LogP contribution in [0.5, 0.6) is 0 Å². The van der Waals surface area contributed by atoms with Crippen molar-refractivity contribution in [3.63, 3.8) is 0 Å². The molecule has 172 valence electrons. The molecule has 0 aromatic heterocycles. The van der Waals surface area contributed by atoms with E-state index in [-0.39, 0.29) is 12.0 Å². The van der Waals surface area contributed by atoms with Crippen molar-refractivity contribution in [3.05, 3.63) is 65.2 Å². The number of anilines is 2. The molecule has 1 atom stereocenters. The highest BCUT2D eigenvalue weighted by Gasteiger charge is 2.29. The normalized spacial score (nSPS) is 18.4. The van der Waals surface area contributed by atoms with Crippen LogP contribution < -0.4 is 15.2 Å². The Morgan fingerprint density at radius 3 is 2.50 bits per heavy atom. The average molecular weight is 456 g/mol. The van der Waals surface area contributed by atoms with Gasteiger partial charge in [0.15, 0.2) is 0 Å². The van der Waals surface area contributed by atoms with Crippen molar-refractivity contribution in [1.29, 1.82) is 0 Å². The Bertz CT molecular complexity index is 1070. The number of sulfonamides is 1. The SMILES string of the molecule is CCc1ccc(N(CC(C)C)S(=O)(=O)c2ccc3c(c2)NNC3C=C2CCOCC2)cc1. The molecule has 7 heteroatoms. The number of ether oxygens (including phenoxy) is 1. The minimum absolute atomic E-state index is 0.0307. The smallest absolute Gasteiger partial charge is 0.264 e. The fourth-order valence-electron chi connectivity index (χ4n) is 4.18. The molecule has 2 aromatic rings. The second kappa shape index (κ2) is 9.65. The summed E-state index contributed by atoms with van der Waals surface area (Å²) in [7, 11) is -3.70. The van der Waals surface area contributed by atoms with Crippen molar-refractivity contribution < 1.29 is 13.2 Å². The Morgan fingerprint density at radius 2 is 1.84 bits per heavy atom. The number of nitrogens with one attached hydrogen (secondary N) is 2. The maximum absolute atomic E-state index is 13.7. The number of rotatable bonds is 7. The molecule has 0 spiro atoms. The molecule has 0 bridgehead atoms. The molecular formula is C25H33N3O3S. The van der Waals surface area contributed by atoms with Gasteiger partial charge in [-0.3, -0.25) is 4.31 Å². The lowest BCUT2D eigenvalue weighted by molar-refractivity contribution is 0.119. The predicted molar refractivity (Wildman–Crippen MR) is 129 cm³/mol. The van der Waals surface area contributed by atoms with E-state index in [0.29, 0.717) is 17.1 Å². The number of hydrazine groups is 1. The molecule has 0 saturated carbocycles. The predicted octanol–water partition coefficient (Wildman–Crippen LogP) is 4.81. The summed E-state index contributed by atoms with van der Waals surface area (Å²) in [6, 6.07) is 13.2. The van der Waals surface area contributed by atoms with E-state index in [1.54, 1.807) is 12.1 Å². The Kier molecular flexibility index (Phi) is 6.88. The largest absolute Gasteiger partial charge is 0.381 e. The lowest BCUT2D eigenvalue weighted by Crippen LogP contribution is -2.34. The number of hydrogen-bond donors (Lipinski definition) is 2. The fourth-order valence-corrected chi connectivity index (χ4v) is 5.83. The highest BCUT2D eigenvalue weighted by molar-refractivity contribution is 7.92. The van der Waals surface area contributed by atoms with Crippen molar-refractivity contribution in [1.82, 2.24) is 5.43 Å². The van der Waals surface area contributed by atoms with Gasteiger partial charge in [0.2, 0.25) is 0 Å². The Balaban J connectivity index is 1.63. The highest BCUT2D eigenvalue weighted by atomic mass is 32.2. The van der Waals surface area contributed by atoms with E-state index < -0.39 is 10.0 Å². The quantitative estimate of drug-likeness (QED) is 0.587. The van der Waals surface area contributed by atoms with Crippen LogP contribution in [0, 0.1) is 5.92 Å². The zero-order valence-electron chi connectivity index (χ0n) is 19.1. The van der Waals surface area contributed by atoms with Crippen LogP contribution >= 0.6 is 0 Å².